The molecule has 1 fully saturated rings. The summed E-state index contributed by atoms with van der Waals surface area (Å²) < 4.78 is 3.75. The quantitative estimate of drug-likeness (QED) is 0.436. The van der Waals surface area contributed by atoms with Crippen LogP contribution in [0.3, 0.4) is 0 Å². The molecule has 3 heterocycles. The normalized spacial score (nSPS) is 20.1. The van der Waals surface area contributed by atoms with E-state index >= 15 is 0 Å². The van der Waals surface area contributed by atoms with Crippen LogP contribution in [0, 0.1) is 18.3 Å². The van der Waals surface area contributed by atoms with E-state index in [1.807, 2.05) is 51.9 Å². The minimum Gasteiger partial charge on any atom is -0.374 e. The summed E-state index contributed by atoms with van der Waals surface area (Å²) in [5.74, 6) is 0.550. The van der Waals surface area contributed by atoms with Crippen molar-refractivity contribution in [1.29, 1.82) is 0 Å². The maximum Gasteiger partial charge on any atom is 0.132 e. The Bertz CT molecular complexity index is 1350. The molecule has 7 heteroatoms. The van der Waals surface area contributed by atoms with Gasteiger partial charge in [-0.1, -0.05) is 39.0 Å². The van der Waals surface area contributed by atoms with Crippen LogP contribution in [0.4, 0.5) is 5.69 Å². The zero-order valence-electron chi connectivity index (χ0n) is 19.5. The van der Waals surface area contributed by atoms with Crippen LogP contribution in [-0.2, 0) is 0 Å². The predicted molar refractivity (Wildman–Crippen MR) is 131 cm³/mol. The fourth-order valence-electron chi connectivity index (χ4n) is 4.72. The van der Waals surface area contributed by atoms with Crippen molar-refractivity contribution in [3.05, 3.63) is 66.2 Å². The van der Waals surface area contributed by atoms with E-state index in [9.17, 15) is 5.11 Å². The highest BCUT2D eigenvalue weighted by Crippen LogP contribution is 2.43. The van der Waals surface area contributed by atoms with Gasteiger partial charge in [0.2, 0.25) is 0 Å². The summed E-state index contributed by atoms with van der Waals surface area (Å²) >= 11 is 0. The Morgan fingerprint density at radius 1 is 1.18 bits per heavy atom. The predicted octanol–water partition coefficient (Wildman–Crippen LogP) is 4.97. The molecule has 0 saturated heterocycles. The van der Waals surface area contributed by atoms with Crippen LogP contribution in [0.25, 0.3) is 22.3 Å². The number of aliphatic imine (C=N–C) groups is 1. The second-order valence-electron chi connectivity index (χ2n) is 9.56. The largest absolute Gasteiger partial charge is 0.374 e. The fraction of sp³-hybridized carbons (Fsp3) is 0.346. The summed E-state index contributed by atoms with van der Waals surface area (Å²) in [7, 11) is 0. The average molecular weight is 443 g/mol. The SMILES string of the molecule is Cc1c(-c2cc3c(N=C4CCC(C)C4(C)C)c(C(N)O)cnn3c2)cnn1-c1ccccc1. The molecule has 1 saturated carbocycles. The zero-order chi connectivity index (χ0) is 23.3. The Morgan fingerprint density at radius 3 is 2.61 bits per heavy atom. The average Bonchev–Trinajstić information content (AvgIpc) is 3.45. The van der Waals surface area contributed by atoms with Crippen molar-refractivity contribution < 1.29 is 5.11 Å². The number of aliphatic hydroxyl groups is 1. The van der Waals surface area contributed by atoms with E-state index in [-0.39, 0.29) is 5.41 Å². The number of para-hydroxylation sites is 1. The topological polar surface area (TPSA) is 93.7 Å². The van der Waals surface area contributed by atoms with E-state index in [2.05, 4.69) is 44.0 Å². The lowest BCUT2D eigenvalue weighted by Crippen LogP contribution is -2.23. The van der Waals surface area contributed by atoms with Gasteiger partial charge in [-0.2, -0.15) is 10.2 Å². The first kappa shape index (κ1) is 21.6. The van der Waals surface area contributed by atoms with E-state index in [0.29, 0.717) is 17.2 Å². The van der Waals surface area contributed by atoms with Crippen molar-refractivity contribution in [3.8, 4) is 16.8 Å². The van der Waals surface area contributed by atoms with Crippen molar-refractivity contribution >= 4 is 16.9 Å². The molecule has 0 amide bonds. The molecule has 0 radical (unpaired) electrons. The third kappa shape index (κ3) is 3.57. The van der Waals surface area contributed by atoms with Crippen LogP contribution in [0.5, 0.6) is 0 Å². The van der Waals surface area contributed by atoms with Crippen molar-refractivity contribution in [3.63, 3.8) is 0 Å². The monoisotopic (exact) mass is 442 g/mol. The maximum absolute atomic E-state index is 10.3. The summed E-state index contributed by atoms with van der Waals surface area (Å²) in [6.07, 6.45) is 6.38. The molecule has 33 heavy (non-hydrogen) atoms. The number of nitrogens with two attached hydrogens (primary N) is 1. The molecule has 7 nitrogen and oxygen atoms in total. The minimum atomic E-state index is -1.15. The molecule has 0 bridgehead atoms. The number of nitrogens with zero attached hydrogens (tertiary/aromatic N) is 5. The molecule has 3 aromatic heterocycles. The van der Waals surface area contributed by atoms with Gasteiger partial charge in [-0.15, -0.1) is 0 Å². The Kier molecular flexibility index (Phi) is 5.18. The van der Waals surface area contributed by atoms with Gasteiger partial charge in [0.15, 0.2) is 0 Å². The van der Waals surface area contributed by atoms with E-state index in [1.165, 1.54) is 0 Å². The van der Waals surface area contributed by atoms with Gasteiger partial charge in [-0.3, -0.25) is 4.99 Å². The van der Waals surface area contributed by atoms with Gasteiger partial charge in [-0.05, 0) is 43.9 Å². The second-order valence-corrected chi connectivity index (χ2v) is 9.56. The molecule has 0 aliphatic heterocycles. The minimum absolute atomic E-state index is 0.0000844. The summed E-state index contributed by atoms with van der Waals surface area (Å²) in [6, 6.07) is 12.1. The maximum atomic E-state index is 10.3. The summed E-state index contributed by atoms with van der Waals surface area (Å²) in [4.78, 5) is 5.09. The van der Waals surface area contributed by atoms with Crippen LogP contribution in [0.2, 0.25) is 0 Å². The van der Waals surface area contributed by atoms with Crippen molar-refractivity contribution in [2.24, 2.45) is 22.1 Å². The zero-order valence-corrected chi connectivity index (χ0v) is 19.5. The first-order chi connectivity index (χ1) is 15.8. The molecule has 0 spiro atoms. The molecule has 5 rings (SSSR count). The molecular weight excluding hydrogens is 412 g/mol. The van der Waals surface area contributed by atoms with Crippen molar-refractivity contribution in [1.82, 2.24) is 19.4 Å². The third-order valence-corrected chi connectivity index (χ3v) is 7.31. The van der Waals surface area contributed by atoms with E-state index < -0.39 is 6.23 Å². The smallest absolute Gasteiger partial charge is 0.132 e. The highest BCUT2D eigenvalue weighted by Gasteiger charge is 2.37. The molecule has 1 aliphatic rings. The Balaban J connectivity index is 1.65. The van der Waals surface area contributed by atoms with Gasteiger partial charge >= 0.3 is 0 Å². The number of rotatable bonds is 4. The molecule has 2 unspecified atom stereocenters. The highest BCUT2D eigenvalue weighted by molar-refractivity contribution is 5.96. The van der Waals surface area contributed by atoms with Gasteiger partial charge in [0.25, 0.3) is 0 Å². The summed E-state index contributed by atoms with van der Waals surface area (Å²) in [6.45, 7) is 8.81. The third-order valence-electron chi connectivity index (χ3n) is 7.31. The van der Waals surface area contributed by atoms with Gasteiger partial charge < -0.3 is 10.8 Å². The summed E-state index contributed by atoms with van der Waals surface area (Å²) in [5, 5.41) is 19.4. The van der Waals surface area contributed by atoms with E-state index in [0.717, 1.165) is 46.6 Å². The van der Waals surface area contributed by atoms with Gasteiger partial charge in [0.1, 0.15) is 6.23 Å². The molecule has 1 aliphatic carbocycles. The number of fused-ring (bicyclic) bond motifs is 1. The lowest BCUT2D eigenvalue weighted by molar-refractivity contribution is 0.186. The first-order valence-corrected chi connectivity index (χ1v) is 11.4. The van der Waals surface area contributed by atoms with Crippen LogP contribution in [0.15, 0.2) is 60.0 Å². The number of hydrogen-bond donors (Lipinski definition) is 2. The Hall–Kier alpha value is -3.29. The molecular formula is C26H30N6O. The summed E-state index contributed by atoms with van der Waals surface area (Å²) in [5.41, 5.74) is 13.2. The molecule has 1 aromatic carbocycles. The van der Waals surface area contributed by atoms with E-state index in [4.69, 9.17) is 10.7 Å². The van der Waals surface area contributed by atoms with Gasteiger partial charge in [0, 0.05) is 39.7 Å². The fourth-order valence-corrected chi connectivity index (χ4v) is 4.72. The van der Waals surface area contributed by atoms with Gasteiger partial charge in [-0.25, -0.2) is 9.20 Å². The van der Waals surface area contributed by atoms with E-state index in [1.54, 1.807) is 6.20 Å². The lowest BCUT2D eigenvalue weighted by atomic mass is 9.82. The standard InChI is InChI=1S/C26H30N6O/c1-16-10-11-23(26(16,3)4)30-24-21(25(27)33)14-28-31-15-18(12-22(24)31)20-13-29-32(17(20)2)19-8-6-5-7-9-19/h5-9,12-16,25,33H,10-11,27H2,1-4H3. The number of hydrogen-bond acceptors (Lipinski definition) is 5. The lowest BCUT2D eigenvalue weighted by Gasteiger charge is -2.25. The number of aliphatic hydroxyl groups excluding tert-OH is 1. The first-order valence-electron chi connectivity index (χ1n) is 11.4. The molecule has 170 valence electrons. The van der Waals surface area contributed by atoms with Crippen LogP contribution in [0.1, 0.15) is 51.1 Å². The van der Waals surface area contributed by atoms with Crippen molar-refractivity contribution in [2.45, 2.75) is 46.8 Å². The van der Waals surface area contributed by atoms with Crippen molar-refractivity contribution in [2.75, 3.05) is 0 Å². The number of benzene rings is 1. The second kappa shape index (κ2) is 7.93. The highest BCUT2D eigenvalue weighted by atomic mass is 16.3. The molecule has 3 N–H and O–H groups in total. The van der Waals surface area contributed by atoms with Gasteiger partial charge in [0.05, 0.1) is 29.3 Å². The van der Waals surface area contributed by atoms with Crippen LogP contribution < -0.4 is 5.73 Å². The Morgan fingerprint density at radius 2 is 1.94 bits per heavy atom. The Labute approximate surface area is 193 Å². The van der Waals surface area contributed by atoms with Crippen LogP contribution >= 0.6 is 0 Å². The molecule has 4 aromatic rings. The van der Waals surface area contributed by atoms with Crippen LogP contribution in [-0.4, -0.2) is 30.2 Å². The molecule has 2 atom stereocenters. The number of aromatic nitrogens is 4.